The highest BCUT2D eigenvalue weighted by molar-refractivity contribution is 5.95. The predicted octanol–water partition coefficient (Wildman–Crippen LogP) is 1.63. The van der Waals surface area contributed by atoms with Crippen molar-refractivity contribution in [1.29, 1.82) is 0 Å². The van der Waals surface area contributed by atoms with Crippen molar-refractivity contribution in [2.45, 2.75) is 6.92 Å². The van der Waals surface area contributed by atoms with Crippen LogP contribution in [0.5, 0.6) is 0 Å². The van der Waals surface area contributed by atoms with Crippen LogP contribution in [0.3, 0.4) is 0 Å². The molecule has 0 radical (unpaired) electrons. The molecule has 30 heavy (non-hydrogen) atoms. The molecule has 0 aliphatic rings. The second-order valence-electron chi connectivity index (χ2n) is 6.10. The van der Waals surface area contributed by atoms with Gasteiger partial charge in [-0.1, -0.05) is 0 Å². The molecule has 0 saturated carbocycles. The van der Waals surface area contributed by atoms with Gasteiger partial charge in [0.1, 0.15) is 12.1 Å². The minimum Gasteiger partial charge on any atom is -0.368 e. The Bertz CT molecular complexity index is 1080. The van der Waals surface area contributed by atoms with Gasteiger partial charge in [0.2, 0.25) is 0 Å². The first kappa shape index (κ1) is 20.3. The van der Waals surface area contributed by atoms with Crippen LogP contribution in [0.4, 0.5) is 17.2 Å². The number of benzene rings is 1. The maximum atomic E-state index is 12.2. The zero-order chi connectivity index (χ0) is 21.7. The van der Waals surface area contributed by atoms with Crippen LogP contribution in [0, 0.1) is 27.2 Å². The molecule has 1 aromatic carbocycles. The van der Waals surface area contributed by atoms with Crippen molar-refractivity contribution in [1.82, 2.24) is 25.1 Å². The Morgan fingerprint density at radius 2 is 1.77 bits per heavy atom. The third-order valence-electron chi connectivity index (χ3n) is 3.91. The lowest BCUT2D eigenvalue weighted by Gasteiger charge is -2.08. The van der Waals surface area contributed by atoms with Crippen molar-refractivity contribution < 1.29 is 14.6 Å². The van der Waals surface area contributed by atoms with Crippen molar-refractivity contribution in [2.24, 2.45) is 0 Å². The molecule has 154 valence electrons. The van der Waals surface area contributed by atoms with E-state index in [0.717, 1.165) is 23.9 Å². The normalized spacial score (nSPS) is 10.4. The molecule has 2 N–H and O–H groups in total. The van der Waals surface area contributed by atoms with E-state index < -0.39 is 27.1 Å². The van der Waals surface area contributed by atoms with Crippen LogP contribution in [0.15, 0.2) is 42.9 Å². The maximum Gasteiger partial charge on any atom is 0.277 e. The van der Waals surface area contributed by atoms with Gasteiger partial charge in [0, 0.05) is 37.5 Å². The quantitative estimate of drug-likeness (QED) is 0.317. The Morgan fingerprint density at radius 3 is 2.37 bits per heavy atom. The zero-order valence-electron chi connectivity index (χ0n) is 15.7. The zero-order valence-corrected chi connectivity index (χ0v) is 15.7. The second-order valence-corrected chi connectivity index (χ2v) is 6.10. The summed E-state index contributed by atoms with van der Waals surface area (Å²) in [7, 11) is 0. The van der Waals surface area contributed by atoms with E-state index >= 15 is 0 Å². The molecule has 2 heterocycles. The first-order valence-electron chi connectivity index (χ1n) is 8.64. The minimum atomic E-state index is -0.793. The Kier molecular flexibility index (Phi) is 5.91. The fraction of sp³-hybridized carbons (Fsp3) is 0.176. The van der Waals surface area contributed by atoms with Gasteiger partial charge in [0.05, 0.1) is 27.2 Å². The van der Waals surface area contributed by atoms with Crippen molar-refractivity contribution in [3.63, 3.8) is 0 Å². The number of non-ortho nitro benzene ring substituents is 2. The smallest absolute Gasteiger partial charge is 0.277 e. The Balaban J connectivity index is 1.59. The van der Waals surface area contributed by atoms with E-state index in [0.29, 0.717) is 11.6 Å². The molecule has 0 aliphatic carbocycles. The first-order chi connectivity index (χ1) is 14.3. The molecule has 0 unspecified atom stereocenters. The Morgan fingerprint density at radius 1 is 1.07 bits per heavy atom. The first-order valence-corrected chi connectivity index (χ1v) is 8.64. The molecule has 0 saturated heterocycles. The molecular formula is C17H16N8O5. The molecule has 1 amide bonds. The van der Waals surface area contributed by atoms with Gasteiger partial charge in [0.25, 0.3) is 17.3 Å². The molecule has 13 nitrogen and oxygen atoms in total. The lowest BCUT2D eigenvalue weighted by Crippen LogP contribution is -2.29. The van der Waals surface area contributed by atoms with E-state index in [-0.39, 0.29) is 18.7 Å². The number of nitro groups is 2. The largest absolute Gasteiger partial charge is 0.368 e. The topological polar surface area (TPSA) is 171 Å². The maximum absolute atomic E-state index is 12.2. The summed E-state index contributed by atoms with van der Waals surface area (Å²) in [5.74, 6) is 0.404. The molecule has 0 atom stereocenters. The van der Waals surface area contributed by atoms with Crippen molar-refractivity contribution in [3.8, 4) is 5.82 Å². The van der Waals surface area contributed by atoms with E-state index in [9.17, 15) is 25.0 Å². The van der Waals surface area contributed by atoms with Crippen LogP contribution < -0.4 is 10.6 Å². The number of anilines is 1. The SMILES string of the molecule is Cc1ccn(-c2cc(NCCNC(=O)c3cc([N+](=O)[O-])cc([N+](=O)[O-])c3)ncn2)n1. The highest BCUT2D eigenvalue weighted by Gasteiger charge is 2.19. The molecule has 2 aromatic heterocycles. The second kappa shape index (κ2) is 8.72. The van der Waals surface area contributed by atoms with Crippen LogP contribution in [-0.2, 0) is 0 Å². The summed E-state index contributed by atoms with van der Waals surface area (Å²) in [6, 6.07) is 6.28. The number of carbonyl (C=O) groups excluding carboxylic acids is 1. The third kappa shape index (κ3) is 4.89. The summed E-state index contributed by atoms with van der Waals surface area (Å²) in [6.07, 6.45) is 3.13. The predicted molar refractivity (Wildman–Crippen MR) is 104 cm³/mol. The number of carbonyl (C=O) groups is 1. The van der Waals surface area contributed by atoms with Crippen LogP contribution in [0.25, 0.3) is 5.82 Å². The lowest BCUT2D eigenvalue weighted by molar-refractivity contribution is -0.394. The number of nitrogens with zero attached hydrogens (tertiary/aromatic N) is 6. The number of hydrogen-bond acceptors (Lipinski definition) is 9. The standard InChI is InChI=1S/C17H16N8O5/c1-11-2-5-23(22-11)16-9-15(20-10-21-16)18-3-4-19-17(26)12-6-13(24(27)28)8-14(7-12)25(29)30/h2,5-10H,3-4H2,1H3,(H,19,26)(H,18,20,21). The van der Waals surface area contributed by atoms with Crippen molar-refractivity contribution in [3.05, 3.63) is 74.3 Å². The third-order valence-corrected chi connectivity index (χ3v) is 3.91. The fourth-order valence-corrected chi connectivity index (χ4v) is 2.52. The van der Waals surface area contributed by atoms with Gasteiger partial charge >= 0.3 is 0 Å². The summed E-state index contributed by atoms with van der Waals surface area (Å²) in [5.41, 5.74) is -0.397. The molecule has 0 fully saturated rings. The fourth-order valence-electron chi connectivity index (χ4n) is 2.52. The summed E-state index contributed by atoms with van der Waals surface area (Å²) < 4.78 is 1.60. The number of hydrogen-bond donors (Lipinski definition) is 2. The average molecular weight is 412 g/mol. The van der Waals surface area contributed by atoms with Gasteiger partial charge in [-0.2, -0.15) is 5.10 Å². The minimum absolute atomic E-state index is 0.148. The summed E-state index contributed by atoms with van der Waals surface area (Å²) in [6.45, 7) is 2.29. The van der Waals surface area contributed by atoms with Gasteiger partial charge in [-0.15, -0.1) is 0 Å². The Labute approximate surface area is 169 Å². The molecule has 3 aromatic rings. The highest BCUT2D eigenvalue weighted by atomic mass is 16.6. The molecular weight excluding hydrogens is 396 g/mol. The van der Waals surface area contributed by atoms with Gasteiger partial charge < -0.3 is 10.6 Å². The van der Waals surface area contributed by atoms with E-state index in [1.807, 2.05) is 13.0 Å². The van der Waals surface area contributed by atoms with Crippen LogP contribution in [-0.4, -0.2) is 48.6 Å². The lowest BCUT2D eigenvalue weighted by atomic mass is 10.1. The van der Waals surface area contributed by atoms with Gasteiger partial charge in [-0.25, -0.2) is 14.6 Å². The van der Waals surface area contributed by atoms with E-state index in [4.69, 9.17) is 0 Å². The van der Waals surface area contributed by atoms with E-state index in [2.05, 4.69) is 25.7 Å². The summed E-state index contributed by atoms with van der Waals surface area (Å²) in [4.78, 5) is 40.7. The molecule has 3 rings (SSSR count). The van der Waals surface area contributed by atoms with Crippen LogP contribution in [0.1, 0.15) is 16.1 Å². The van der Waals surface area contributed by atoms with Crippen LogP contribution in [0.2, 0.25) is 0 Å². The molecule has 0 bridgehead atoms. The van der Waals surface area contributed by atoms with E-state index in [1.165, 1.54) is 6.33 Å². The molecule has 0 spiro atoms. The number of aryl methyl sites for hydroxylation is 1. The van der Waals surface area contributed by atoms with Crippen molar-refractivity contribution in [2.75, 3.05) is 18.4 Å². The van der Waals surface area contributed by atoms with Gasteiger partial charge in [0.15, 0.2) is 5.82 Å². The number of amides is 1. The van der Waals surface area contributed by atoms with E-state index in [1.54, 1.807) is 16.9 Å². The van der Waals surface area contributed by atoms with Crippen LogP contribution >= 0.6 is 0 Å². The summed E-state index contributed by atoms with van der Waals surface area (Å²) in [5, 5.41) is 31.7. The Hall–Kier alpha value is -4.42. The molecule has 13 heteroatoms. The van der Waals surface area contributed by atoms with Crippen molar-refractivity contribution >= 4 is 23.1 Å². The number of rotatable bonds is 8. The molecule has 0 aliphatic heterocycles. The number of nitro benzene ring substituents is 2. The van der Waals surface area contributed by atoms with Gasteiger partial charge in [-0.05, 0) is 13.0 Å². The van der Waals surface area contributed by atoms with Gasteiger partial charge in [-0.3, -0.25) is 25.0 Å². The highest BCUT2D eigenvalue weighted by Crippen LogP contribution is 2.22. The monoisotopic (exact) mass is 412 g/mol. The number of aromatic nitrogens is 4. The number of nitrogens with one attached hydrogen (secondary N) is 2. The average Bonchev–Trinajstić information content (AvgIpc) is 3.17. The summed E-state index contributed by atoms with van der Waals surface area (Å²) >= 11 is 0.